The lowest BCUT2D eigenvalue weighted by Gasteiger charge is -2.24. The second kappa shape index (κ2) is 25.9. The summed E-state index contributed by atoms with van der Waals surface area (Å²) in [6.07, 6.45) is 3.31. The molecule has 2 aliphatic heterocycles. The molecule has 23 nitrogen and oxygen atoms in total. The molecule has 1 saturated heterocycles. The van der Waals surface area contributed by atoms with Gasteiger partial charge in [0.25, 0.3) is 5.56 Å². The number of alkyl carbamates (subject to hydrolysis) is 1. The van der Waals surface area contributed by atoms with Gasteiger partial charge in [0, 0.05) is 41.0 Å². The number of aryl methyl sites for hydroxylation is 3. The number of aromatic amines is 1. The molecule has 3 aromatic carbocycles. The van der Waals surface area contributed by atoms with E-state index in [1.54, 1.807) is 6.07 Å². The second-order valence-electron chi connectivity index (χ2n) is 17.8. The van der Waals surface area contributed by atoms with Crippen LogP contribution in [0.2, 0.25) is 0 Å². The summed E-state index contributed by atoms with van der Waals surface area (Å²) in [7, 11) is -17.0. The fourth-order valence-corrected chi connectivity index (χ4v) is 11.5. The first kappa shape index (κ1) is 59.9. The quantitative estimate of drug-likeness (QED) is 0.0156. The van der Waals surface area contributed by atoms with Crippen LogP contribution in [-0.4, -0.2) is 90.7 Å². The number of aromatic nitrogens is 2. The molecule has 0 aliphatic carbocycles. The third-order valence-corrected chi connectivity index (χ3v) is 15.7. The number of carbonyl (C=O) groups is 3. The Hall–Kier alpha value is -6.34. The van der Waals surface area contributed by atoms with E-state index in [2.05, 4.69) is 56.9 Å². The van der Waals surface area contributed by atoms with E-state index in [9.17, 15) is 52.6 Å². The van der Waals surface area contributed by atoms with E-state index in [1.807, 2.05) is 45.0 Å². The summed E-state index contributed by atoms with van der Waals surface area (Å²) in [6, 6.07) is 12.6. The van der Waals surface area contributed by atoms with Crippen molar-refractivity contribution in [2.24, 2.45) is 0 Å². The summed E-state index contributed by atoms with van der Waals surface area (Å²) in [5.74, 6) is 4.91. The lowest BCUT2D eigenvalue weighted by Crippen LogP contribution is -2.34. The van der Waals surface area contributed by atoms with Gasteiger partial charge in [-0.1, -0.05) is 56.9 Å². The number of nitrogens with zero attached hydrogens (tertiary/aromatic N) is 1. The number of aromatic carboxylic acids is 1. The Bertz CT molecular complexity index is 3440. The van der Waals surface area contributed by atoms with Crippen LogP contribution >= 0.6 is 23.5 Å². The van der Waals surface area contributed by atoms with Gasteiger partial charge in [0.05, 0.1) is 31.4 Å². The number of H-pyrrole nitrogens is 1. The predicted octanol–water partition coefficient (Wildman–Crippen LogP) is 6.24. The van der Waals surface area contributed by atoms with Gasteiger partial charge < -0.3 is 48.9 Å². The van der Waals surface area contributed by atoms with Crippen LogP contribution in [0.15, 0.2) is 83.1 Å². The number of rotatable bonds is 24. The van der Waals surface area contributed by atoms with E-state index in [-0.39, 0.29) is 49.5 Å². The minimum absolute atomic E-state index is 0.0285. The van der Waals surface area contributed by atoms with E-state index < -0.39 is 71.8 Å². The average molecular weight is 1130 g/mol. The highest BCUT2D eigenvalue weighted by Crippen LogP contribution is 2.66. The van der Waals surface area contributed by atoms with Crippen molar-refractivity contribution >= 4 is 53.0 Å². The van der Waals surface area contributed by atoms with Crippen molar-refractivity contribution in [2.75, 3.05) is 26.4 Å². The smallest absolute Gasteiger partial charge is 0.478 e. The Balaban J connectivity index is 1.05. The third-order valence-electron chi connectivity index (χ3n) is 11.9. The molecule has 5 atom stereocenters. The molecule has 412 valence electrons. The van der Waals surface area contributed by atoms with Crippen LogP contribution in [-0.2, 0) is 47.5 Å². The minimum Gasteiger partial charge on any atom is -0.478 e. The highest BCUT2D eigenvalue weighted by molar-refractivity contribution is 7.66. The molecule has 7 N–H and O–H groups in total. The van der Waals surface area contributed by atoms with E-state index in [4.69, 9.17) is 33.3 Å². The van der Waals surface area contributed by atoms with Crippen LogP contribution in [0.25, 0.3) is 11.6 Å². The van der Waals surface area contributed by atoms with Crippen LogP contribution in [0, 0.1) is 25.7 Å². The molecule has 0 bridgehead atoms. The molecule has 3 unspecified atom stereocenters. The van der Waals surface area contributed by atoms with Gasteiger partial charge in [0.15, 0.2) is 5.78 Å². The Labute approximate surface area is 441 Å². The number of ether oxygens (including phenoxy) is 4. The minimum atomic E-state index is -5.81. The molecule has 77 heavy (non-hydrogen) atoms. The fourth-order valence-electron chi connectivity index (χ4n) is 8.47. The van der Waals surface area contributed by atoms with Crippen LogP contribution in [0.1, 0.15) is 113 Å². The zero-order valence-corrected chi connectivity index (χ0v) is 45.0. The molecule has 3 heterocycles. The second-order valence-corrected chi connectivity index (χ2v) is 22.2. The molecule has 0 spiro atoms. The Kier molecular flexibility index (Phi) is 20.1. The summed E-state index contributed by atoms with van der Waals surface area (Å²) >= 11 is 0. The van der Waals surface area contributed by atoms with Gasteiger partial charge in [-0.2, -0.15) is 8.62 Å². The molecule has 1 aromatic heterocycles. The number of carboxylic acid groups (broad SMARTS) is 1. The standard InChI is InChI=1S/C51H58N3O20P3/c1-7-12-33-24-42-39(21-31(33)5)47(40-22-32(6)34(13-8-2)25-43(40)71-42)38-23-35(17-18-37(38)49(57)58)41(55)16-10-14-30(4)28-69-51(60)52-19-11-15-36-27-54(50(59)53-48(36)56)46-26-44(68-20-9-3)45(72-46)29-70-76(64,65)74-77(66,67)73-75(61,62)63/h9,12,17-18,21-25,27,44-46H,3-4,7-8,10,13-14,16,19-20,26,28-29H2,1-2,5-6H3,(H,52,60)(H,57,58)(H,64,65)(H,66,67)(H,53,56,59)(H2,61,62,63)/b33-12-/t44?,45-,46-/m1/s1. The highest BCUT2D eigenvalue weighted by Gasteiger charge is 2.44. The van der Waals surface area contributed by atoms with Gasteiger partial charge in [-0.25, -0.2) is 28.1 Å². The lowest BCUT2D eigenvalue weighted by atomic mass is 9.85. The molecule has 6 rings (SSSR count). The Morgan fingerprint density at radius 3 is 2.40 bits per heavy atom. The zero-order chi connectivity index (χ0) is 56.4. The summed E-state index contributed by atoms with van der Waals surface area (Å²) < 4.78 is 71.3. The average Bonchev–Trinajstić information content (AvgIpc) is 3.77. The first-order valence-corrected chi connectivity index (χ1v) is 28.5. The van der Waals surface area contributed by atoms with E-state index in [1.165, 1.54) is 18.2 Å². The number of hydrogen-bond acceptors (Lipinski definition) is 15. The Morgan fingerprint density at radius 1 is 0.961 bits per heavy atom. The van der Waals surface area contributed by atoms with Gasteiger partial charge in [-0.3, -0.25) is 23.7 Å². The maximum Gasteiger partial charge on any atom is 0.490 e. The van der Waals surface area contributed by atoms with E-state index in [0.717, 1.165) is 57.5 Å². The van der Waals surface area contributed by atoms with Crippen molar-refractivity contribution in [3.8, 4) is 23.3 Å². The number of phosphoric ester groups is 1. The van der Waals surface area contributed by atoms with Crippen LogP contribution < -0.4 is 31.7 Å². The topological polar surface area (TPSA) is 335 Å². The number of carbonyl (C=O) groups excluding carboxylic acids is 2. The first-order chi connectivity index (χ1) is 36.3. The number of carboxylic acids is 1. The van der Waals surface area contributed by atoms with Crippen LogP contribution in [0.4, 0.5) is 4.79 Å². The highest BCUT2D eigenvalue weighted by atomic mass is 31.3. The molecular weight excluding hydrogens is 1070 g/mol. The normalized spacial score (nSPS) is 17.6. The maximum atomic E-state index is 13.8. The van der Waals surface area contributed by atoms with Crippen molar-refractivity contribution < 1.29 is 84.9 Å². The van der Waals surface area contributed by atoms with E-state index >= 15 is 0 Å². The molecular formula is C51H58N3O20P3. The van der Waals surface area contributed by atoms with Crippen molar-refractivity contribution in [1.29, 1.82) is 0 Å². The zero-order valence-electron chi connectivity index (χ0n) is 42.3. The summed E-state index contributed by atoms with van der Waals surface area (Å²) in [6.45, 7) is 14.1. The van der Waals surface area contributed by atoms with Crippen LogP contribution in [0.3, 0.4) is 0 Å². The molecule has 0 saturated carbocycles. The fraction of sp³-hybridized carbons (Fsp3) is 0.353. The predicted molar refractivity (Wildman–Crippen MR) is 279 cm³/mol. The first-order valence-electron chi connectivity index (χ1n) is 24.0. The number of ketones is 1. The van der Waals surface area contributed by atoms with Gasteiger partial charge >= 0.3 is 41.2 Å². The SMILES string of the molecule is C=CCOC1C[C@H](n2cc(C#CCNC(=O)OCC(=C)CCCC(=O)c3ccc(C(=O)O)c(C4=c5cc(C)/c(=C\CC)cc5Oc5cc(CCC)c(C)cc54)c3)c(=O)[nH]c2=O)O[C@@H]1COP(=O)(O)OP(=O)(O)OP(=O)(O)O. The van der Waals surface area contributed by atoms with Crippen molar-refractivity contribution in [1.82, 2.24) is 14.9 Å². The number of nitrogens with one attached hydrogen (secondary N) is 2. The third kappa shape index (κ3) is 16.1. The Morgan fingerprint density at radius 2 is 1.71 bits per heavy atom. The van der Waals surface area contributed by atoms with Gasteiger partial charge in [0.1, 0.15) is 36.0 Å². The maximum absolute atomic E-state index is 13.8. The van der Waals surface area contributed by atoms with Gasteiger partial charge in [-0.15, -0.1) is 6.58 Å². The largest absolute Gasteiger partial charge is 0.490 e. The van der Waals surface area contributed by atoms with Gasteiger partial charge in [0.2, 0.25) is 0 Å². The molecule has 1 fully saturated rings. The van der Waals surface area contributed by atoms with Crippen LogP contribution in [0.5, 0.6) is 11.5 Å². The summed E-state index contributed by atoms with van der Waals surface area (Å²) in [4.78, 5) is 104. The monoisotopic (exact) mass is 1130 g/mol. The van der Waals surface area contributed by atoms with Gasteiger partial charge in [-0.05, 0) is 109 Å². The summed E-state index contributed by atoms with van der Waals surface area (Å²) in [5.41, 5.74) is 3.65. The molecule has 0 radical (unpaired) electrons. The molecule has 26 heteroatoms. The number of benzene rings is 3. The number of amides is 1. The lowest BCUT2D eigenvalue weighted by molar-refractivity contribution is -0.0571. The molecule has 4 aromatic rings. The summed E-state index contributed by atoms with van der Waals surface area (Å²) in [5, 5.41) is 14.6. The number of Topliss-reactive ketones (excluding diaryl/α,β-unsaturated/α-hetero) is 1. The van der Waals surface area contributed by atoms with E-state index in [0.29, 0.717) is 51.8 Å². The molecule has 2 aliphatic rings. The molecule has 1 amide bonds. The van der Waals surface area contributed by atoms with Crippen molar-refractivity contribution in [3.63, 3.8) is 0 Å². The van der Waals surface area contributed by atoms with Crippen molar-refractivity contribution in [3.05, 3.63) is 149 Å². The number of fused-ring (bicyclic) bond motifs is 2. The number of hydrogen-bond donors (Lipinski definition) is 7. The number of phosphoric acid groups is 3. The van der Waals surface area contributed by atoms with Crippen molar-refractivity contribution in [2.45, 2.75) is 91.1 Å².